The fourth-order valence-electron chi connectivity index (χ4n) is 4.08. The van der Waals surface area contributed by atoms with Gasteiger partial charge in [0.1, 0.15) is 11.3 Å². The molecule has 0 unspecified atom stereocenters. The second-order valence-corrected chi connectivity index (χ2v) is 6.98. The second-order valence-electron chi connectivity index (χ2n) is 6.98. The zero-order valence-electron chi connectivity index (χ0n) is 14.9. The first-order chi connectivity index (χ1) is 12.8. The summed E-state index contributed by atoms with van der Waals surface area (Å²) in [5.41, 5.74) is 8.06. The van der Waals surface area contributed by atoms with E-state index in [4.69, 9.17) is 9.97 Å². The summed E-state index contributed by atoms with van der Waals surface area (Å²) in [6, 6.07) is 21.1. The molecule has 0 spiro atoms. The van der Waals surface area contributed by atoms with Crippen LogP contribution in [0.15, 0.2) is 60.7 Å². The van der Waals surface area contributed by atoms with Crippen LogP contribution >= 0.6 is 0 Å². The highest BCUT2D eigenvalue weighted by molar-refractivity contribution is 6.00. The van der Waals surface area contributed by atoms with E-state index in [-0.39, 0.29) is 0 Å². The van der Waals surface area contributed by atoms with Crippen LogP contribution < -0.4 is 0 Å². The summed E-state index contributed by atoms with van der Waals surface area (Å²) < 4.78 is 2.37. The van der Waals surface area contributed by atoms with Crippen molar-refractivity contribution in [1.29, 1.82) is 0 Å². The van der Waals surface area contributed by atoms with Crippen LogP contribution in [-0.2, 0) is 13.0 Å². The van der Waals surface area contributed by atoms with Crippen LogP contribution in [0.1, 0.15) is 24.4 Å². The maximum Gasteiger partial charge on any atom is 0.106 e. The number of imidazole rings is 1. The molecular weight excluding hydrogens is 318 g/mol. The van der Waals surface area contributed by atoms with Gasteiger partial charge in [0.15, 0.2) is 0 Å². The molecule has 3 nitrogen and oxygen atoms in total. The second kappa shape index (κ2) is 6.10. The Bertz CT molecular complexity index is 1080. The molecule has 3 heteroatoms. The maximum atomic E-state index is 5.19. The van der Waals surface area contributed by atoms with E-state index in [1.165, 1.54) is 29.6 Å². The largest absolute Gasteiger partial charge is 0.327 e. The lowest BCUT2D eigenvalue weighted by Crippen LogP contribution is -2.01. The number of hydrogen-bond acceptors (Lipinski definition) is 2. The zero-order valence-corrected chi connectivity index (χ0v) is 14.9. The lowest BCUT2D eigenvalue weighted by molar-refractivity contribution is 0.626. The van der Waals surface area contributed by atoms with Crippen molar-refractivity contribution in [2.75, 3.05) is 0 Å². The fourth-order valence-corrected chi connectivity index (χ4v) is 4.08. The molecule has 4 aromatic rings. The molecule has 0 fully saturated rings. The minimum atomic E-state index is 1.02. The van der Waals surface area contributed by atoms with E-state index in [0.717, 1.165) is 41.1 Å². The third kappa shape index (κ3) is 2.35. The van der Waals surface area contributed by atoms with Gasteiger partial charge in [-0.05, 0) is 31.7 Å². The summed E-state index contributed by atoms with van der Waals surface area (Å²) in [6.45, 7) is 3.15. The summed E-state index contributed by atoms with van der Waals surface area (Å²) >= 11 is 0. The van der Waals surface area contributed by atoms with E-state index < -0.39 is 0 Å². The topological polar surface area (TPSA) is 30.7 Å². The first-order valence-corrected chi connectivity index (χ1v) is 9.33. The number of hydrogen-bond donors (Lipinski definition) is 0. The SMILES string of the molecule is Cc1nc2c(-c3ccccc3)c(-c3ccccc3)nc3c2n1CCCC3. The summed E-state index contributed by atoms with van der Waals surface area (Å²) in [5, 5.41) is 0. The van der Waals surface area contributed by atoms with Crippen LogP contribution in [-0.4, -0.2) is 14.5 Å². The number of nitrogens with zero attached hydrogens (tertiary/aromatic N) is 3. The minimum absolute atomic E-state index is 1.02. The Hall–Kier alpha value is -2.94. The number of aryl methyl sites for hydroxylation is 3. The van der Waals surface area contributed by atoms with E-state index in [0.29, 0.717) is 0 Å². The summed E-state index contributed by atoms with van der Waals surface area (Å²) in [7, 11) is 0. The van der Waals surface area contributed by atoms with Gasteiger partial charge in [-0.25, -0.2) is 9.97 Å². The highest BCUT2D eigenvalue weighted by Gasteiger charge is 2.23. The lowest BCUT2D eigenvalue weighted by Gasteiger charge is -2.13. The number of pyridine rings is 1. The predicted octanol–water partition coefficient (Wildman–Crippen LogP) is 5.41. The quantitative estimate of drug-likeness (QED) is 0.489. The molecule has 3 heterocycles. The standard InChI is InChI=1S/C23H21N3/c1-16-24-22-20(17-10-4-2-5-11-17)21(18-12-6-3-7-13-18)25-19-14-8-9-15-26(16)23(19)22/h2-7,10-13H,8-9,14-15H2,1H3. The van der Waals surface area contributed by atoms with Crippen LogP contribution in [0.4, 0.5) is 0 Å². The van der Waals surface area contributed by atoms with Crippen molar-refractivity contribution in [3.63, 3.8) is 0 Å². The van der Waals surface area contributed by atoms with Gasteiger partial charge in [0.05, 0.1) is 16.9 Å². The normalized spacial score (nSPS) is 13.7. The van der Waals surface area contributed by atoms with E-state index in [1.54, 1.807) is 0 Å². The lowest BCUT2D eigenvalue weighted by atomic mass is 9.96. The van der Waals surface area contributed by atoms with Crippen LogP contribution in [0.5, 0.6) is 0 Å². The van der Waals surface area contributed by atoms with Crippen LogP contribution in [0.2, 0.25) is 0 Å². The van der Waals surface area contributed by atoms with Crippen molar-refractivity contribution in [3.8, 4) is 22.4 Å². The van der Waals surface area contributed by atoms with Gasteiger partial charge in [-0.3, -0.25) is 0 Å². The van der Waals surface area contributed by atoms with Gasteiger partial charge in [-0.15, -0.1) is 0 Å². The minimum Gasteiger partial charge on any atom is -0.327 e. The highest BCUT2D eigenvalue weighted by atomic mass is 15.1. The van der Waals surface area contributed by atoms with Gasteiger partial charge in [-0.2, -0.15) is 0 Å². The maximum absolute atomic E-state index is 5.19. The van der Waals surface area contributed by atoms with Gasteiger partial charge in [0.2, 0.25) is 0 Å². The molecule has 5 rings (SSSR count). The van der Waals surface area contributed by atoms with E-state index in [9.17, 15) is 0 Å². The molecule has 0 bridgehead atoms. The molecule has 128 valence electrons. The van der Waals surface area contributed by atoms with Gasteiger partial charge < -0.3 is 4.57 Å². The Balaban J connectivity index is 1.93. The Morgan fingerprint density at radius 1 is 0.808 bits per heavy atom. The molecule has 0 atom stereocenters. The van der Waals surface area contributed by atoms with Crippen molar-refractivity contribution in [3.05, 3.63) is 72.2 Å². The molecular formula is C23H21N3. The Labute approximate surface area is 153 Å². The zero-order chi connectivity index (χ0) is 17.5. The Kier molecular flexibility index (Phi) is 3.59. The van der Waals surface area contributed by atoms with E-state index >= 15 is 0 Å². The monoisotopic (exact) mass is 339 g/mol. The van der Waals surface area contributed by atoms with Crippen molar-refractivity contribution < 1.29 is 0 Å². The molecule has 26 heavy (non-hydrogen) atoms. The molecule has 0 saturated carbocycles. The van der Waals surface area contributed by atoms with Gasteiger partial charge in [0, 0.05) is 17.7 Å². The van der Waals surface area contributed by atoms with Crippen molar-refractivity contribution >= 4 is 11.0 Å². The van der Waals surface area contributed by atoms with Gasteiger partial charge in [-0.1, -0.05) is 60.7 Å². The molecule has 1 aliphatic heterocycles. The fraction of sp³-hybridized carbons (Fsp3) is 0.217. The third-order valence-electron chi connectivity index (χ3n) is 5.31. The molecule has 0 radical (unpaired) electrons. The number of aromatic nitrogens is 3. The van der Waals surface area contributed by atoms with Crippen molar-refractivity contribution in [1.82, 2.24) is 14.5 Å². The molecule has 2 aromatic carbocycles. The summed E-state index contributed by atoms with van der Waals surface area (Å²) in [5.74, 6) is 1.09. The van der Waals surface area contributed by atoms with Crippen LogP contribution in [0, 0.1) is 6.92 Å². The summed E-state index contributed by atoms with van der Waals surface area (Å²) in [4.78, 5) is 10.2. The summed E-state index contributed by atoms with van der Waals surface area (Å²) in [6.07, 6.45) is 3.39. The van der Waals surface area contributed by atoms with E-state index in [2.05, 4.69) is 72.2 Å². The van der Waals surface area contributed by atoms with Crippen LogP contribution in [0.25, 0.3) is 33.4 Å². The smallest absolute Gasteiger partial charge is 0.106 e. The molecule has 1 aliphatic rings. The first-order valence-electron chi connectivity index (χ1n) is 9.33. The molecule has 0 aliphatic carbocycles. The average Bonchev–Trinajstić information content (AvgIpc) is 2.88. The Morgan fingerprint density at radius 2 is 1.50 bits per heavy atom. The first kappa shape index (κ1) is 15.3. The van der Waals surface area contributed by atoms with E-state index in [1.807, 2.05) is 0 Å². The number of rotatable bonds is 2. The average molecular weight is 339 g/mol. The predicted molar refractivity (Wildman–Crippen MR) is 106 cm³/mol. The molecule has 0 amide bonds. The molecule has 2 aromatic heterocycles. The van der Waals surface area contributed by atoms with Crippen LogP contribution in [0.3, 0.4) is 0 Å². The van der Waals surface area contributed by atoms with Gasteiger partial charge in [0.25, 0.3) is 0 Å². The number of benzene rings is 2. The van der Waals surface area contributed by atoms with Crippen molar-refractivity contribution in [2.45, 2.75) is 32.7 Å². The molecule has 0 saturated heterocycles. The van der Waals surface area contributed by atoms with Gasteiger partial charge >= 0.3 is 0 Å². The van der Waals surface area contributed by atoms with Crippen molar-refractivity contribution in [2.24, 2.45) is 0 Å². The Morgan fingerprint density at radius 3 is 2.23 bits per heavy atom. The highest BCUT2D eigenvalue weighted by Crippen LogP contribution is 2.39. The third-order valence-corrected chi connectivity index (χ3v) is 5.31. The molecule has 0 N–H and O–H groups in total.